The Morgan fingerprint density at radius 3 is 2.89 bits per heavy atom. The Labute approximate surface area is 111 Å². The van der Waals surface area contributed by atoms with E-state index in [4.69, 9.17) is 5.73 Å². The molecule has 0 atom stereocenters. The van der Waals surface area contributed by atoms with Gasteiger partial charge >= 0.3 is 0 Å². The number of hydrogen-bond donors (Lipinski definition) is 3. The van der Waals surface area contributed by atoms with Crippen molar-refractivity contribution in [2.45, 2.75) is 11.3 Å². The van der Waals surface area contributed by atoms with E-state index in [0.717, 1.165) is 0 Å². The third-order valence-electron chi connectivity index (χ3n) is 2.71. The second kappa shape index (κ2) is 5.52. The maximum absolute atomic E-state index is 12.0. The lowest BCUT2D eigenvalue weighted by molar-refractivity contribution is -0.115. The van der Waals surface area contributed by atoms with E-state index in [9.17, 15) is 13.2 Å². The van der Waals surface area contributed by atoms with Crippen molar-refractivity contribution < 1.29 is 13.2 Å². The Morgan fingerprint density at radius 2 is 2.16 bits per heavy atom. The highest BCUT2D eigenvalue weighted by molar-refractivity contribution is 7.89. The first-order valence-electron chi connectivity index (χ1n) is 5.80. The molecule has 4 N–H and O–H groups in total. The number of fused-ring (bicyclic) bond motifs is 1. The average Bonchev–Trinajstić information content (AvgIpc) is 2.73. The number of amides is 1. The summed E-state index contributed by atoms with van der Waals surface area (Å²) in [5.41, 5.74) is 6.63. The van der Waals surface area contributed by atoms with Crippen molar-refractivity contribution in [3.8, 4) is 0 Å². The summed E-state index contributed by atoms with van der Waals surface area (Å²) in [5, 5.41) is 2.66. The first-order chi connectivity index (χ1) is 9.03. The van der Waals surface area contributed by atoms with Gasteiger partial charge in [-0.2, -0.15) is 0 Å². The average molecular weight is 281 g/mol. The molecule has 1 aromatic rings. The van der Waals surface area contributed by atoms with E-state index >= 15 is 0 Å². The van der Waals surface area contributed by atoms with Crippen molar-refractivity contribution in [1.82, 2.24) is 4.72 Å². The van der Waals surface area contributed by atoms with Crippen LogP contribution in [-0.4, -0.2) is 27.4 Å². The monoisotopic (exact) mass is 281 g/mol. The fraction of sp³-hybridized carbons (Fsp3) is 0.250. The molecule has 0 saturated carbocycles. The molecule has 2 rings (SSSR count). The summed E-state index contributed by atoms with van der Waals surface area (Å²) < 4.78 is 26.4. The maximum Gasteiger partial charge on any atom is 0.240 e. The van der Waals surface area contributed by atoms with Crippen LogP contribution in [0.1, 0.15) is 5.56 Å². The normalized spacial score (nSPS) is 14.7. The number of carbonyl (C=O) groups is 1. The summed E-state index contributed by atoms with van der Waals surface area (Å²) in [6, 6.07) is 4.59. The van der Waals surface area contributed by atoms with E-state index in [-0.39, 0.29) is 23.8 Å². The number of nitrogens with one attached hydrogen (secondary N) is 2. The molecule has 0 saturated heterocycles. The molecular formula is C12H15N3O3S. The van der Waals surface area contributed by atoms with Crippen LogP contribution in [-0.2, 0) is 21.2 Å². The molecule has 6 nitrogen and oxygen atoms in total. The molecule has 7 heteroatoms. The Bertz CT molecular complexity index is 623. The minimum atomic E-state index is -3.56. The molecule has 1 heterocycles. The fourth-order valence-electron chi connectivity index (χ4n) is 1.79. The summed E-state index contributed by atoms with van der Waals surface area (Å²) in [4.78, 5) is 11.4. The van der Waals surface area contributed by atoms with Crippen molar-refractivity contribution in [2.75, 3.05) is 18.4 Å². The van der Waals surface area contributed by atoms with Crippen LogP contribution in [0.3, 0.4) is 0 Å². The van der Waals surface area contributed by atoms with Crippen LogP contribution in [0.2, 0.25) is 0 Å². The van der Waals surface area contributed by atoms with E-state index in [0.29, 0.717) is 17.8 Å². The van der Waals surface area contributed by atoms with Crippen molar-refractivity contribution in [3.05, 3.63) is 35.9 Å². The standard InChI is InChI=1S/C12H15N3O3S/c13-5-1-2-6-14-19(17,18)10-3-4-11-9(7-10)8-12(16)15-11/h1-4,7,14H,5-6,8,13H2,(H,15,16)/b2-1+. The largest absolute Gasteiger partial charge is 0.327 e. The number of carbonyl (C=O) groups excluding carboxylic acids is 1. The van der Waals surface area contributed by atoms with Crippen molar-refractivity contribution in [3.63, 3.8) is 0 Å². The third-order valence-corrected chi connectivity index (χ3v) is 4.13. The topological polar surface area (TPSA) is 101 Å². The Kier molecular flexibility index (Phi) is 3.98. The number of rotatable bonds is 5. The lowest BCUT2D eigenvalue weighted by Gasteiger charge is -2.06. The lowest BCUT2D eigenvalue weighted by Crippen LogP contribution is -2.24. The smallest absolute Gasteiger partial charge is 0.240 e. The molecular weight excluding hydrogens is 266 g/mol. The van der Waals surface area contributed by atoms with Crippen LogP contribution in [0, 0.1) is 0 Å². The van der Waals surface area contributed by atoms with Gasteiger partial charge in [0, 0.05) is 18.8 Å². The first kappa shape index (κ1) is 13.7. The number of nitrogens with two attached hydrogens (primary N) is 1. The van der Waals surface area contributed by atoms with Crippen molar-refractivity contribution in [1.29, 1.82) is 0 Å². The van der Waals surface area contributed by atoms with Gasteiger partial charge in [-0.25, -0.2) is 13.1 Å². The highest BCUT2D eigenvalue weighted by Crippen LogP contribution is 2.25. The number of anilines is 1. The second-order valence-corrected chi connectivity index (χ2v) is 5.87. The van der Waals surface area contributed by atoms with Gasteiger partial charge in [0.1, 0.15) is 0 Å². The minimum absolute atomic E-state index is 0.122. The van der Waals surface area contributed by atoms with E-state index in [2.05, 4.69) is 10.0 Å². The molecule has 19 heavy (non-hydrogen) atoms. The summed E-state index contributed by atoms with van der Waals surface area (Å²) in [6.07, 6.45) is 3.54. The Hall–Kier alpha value is -1.70. The minimum Gasteiger partial charge on any atom is -0.327 e. The number of hydrogen-bond acceptors (Lipinski definition) is 4. The molecule has 0 fully saturated rings. The first-order valence-corrected chi connectivity index (χ1v) is 7.29. The molecule has 1 aromatic carbocycles. The van der Waals surface area contributed by atoms with Crippen LogP contribution in [0.15, 0.2) is 35.2 Å². The van der Waals surface area contributed by atoms with Gasteiger partial charge in [0.2, 0.25) is 15.9 Å². The van der Waals surface area contributed by atoms with Crippen molar-refractivity contribution in [2.24, 2.45) is 5.73 Å². The van der Waals surface area contributed by atoms with Crippen molar-refractivity contribution >= 4 is 21.6 Å². The summed E-state index contributed by atoms with van der Waals surface area (Å²) >= 11 is 0. The van der Waals surface area contributed by atoms with Gasteiger partial charge in [0.05, 0.1) is 11.3 Å². The zero-order chi connectivity index (χ0) is 13.9. The molecule has 0 spiro atoms. The van der Waals surface area contributed by atoms with Gasteiger partial charge in [0.25, 0.3) is 0 Å². The van der Waals surface area contributed by atoms with Gasteiger partial charge in [-0.05, 0) is 23.8 Å². The van der Waals surface area contributed by atoms with Gasteiger partial charge in [-0.1, -0.05) is 12.2 Å². The molecule has 0 bridgehead atoms. The predicted molar refractivity (Wildman–Crippen MR) is 72.2 cm³/mol. The molecule has 1 amide bonds. The van der Waals surface area contributed by atoms with Gasteiger partial charge in [-0.3, -0.25) is 4.79 Å². The molecule has 0 unspecified atom stereocenters. The highest BCUT2D eigenvalue weighted by atomic mass is 32.2. The Balaban J connectivity index is 2.15. The SMILES string of the molecule is NC/C=C/CNS(=O)(=O)c1ccc2c(c1)CC(=O)N2. The van der Waals surface area contributed by atoms with Gasteiger partial charge in [-0.15, -0.1) is 0 Å². The van der Waals surface area contributed by atoms with Crippen LogP contribution >= 0.6 is 0 Å². The summed E-state index contributed by atoms with van der Waals surface area (Å²) in [6.45, 7) is 0.558. The number of benzene rings is 1. The van der Waals surface area contributed by atoms with Crippen LogP contribution < -0.4 is 15.8 Å². The van der Waals surface area contributed by atoms with Gasteiger partial charge in [0.15, 0.2) is 0 Å². The predicted octanol–water partition coefficient (Wildman–Crippen LogP) is -0.0256. The van der Waals surface area contributed by atoms with Crippen LogP contribution in [0.25, 0.3) is 0 Å². The molecule has 0 radical (unpaired) electrons. The fourth-order valence-corrected chi connectivity index (χ4v) is 2.82. The zero-order valence-corrected chi connectivity index (χ0v) is 11.0. The quantitative estimate of drug-likeness (QED) is 0.660. The molecule has 1 aliphatic heterocycles. The zero-order valence-electron chi connectivity index (χ0n) is 10.2. The second-order valence-electron chi connectivity index (χ2n) is 4.10. The van der Waals surface area contributed by atoms with E-state index in [1.165, 1.54) is 12.1 Å². The summed E-state index contributed by atoms with van der Waals surface area (Å²) in [7, 11) is -3.56. The van der Waals surface area contributed by atoms with E-state index in [1.54, 1.807) is 18.2 Å². The van der Waals surface area contributed by atoms with E-state index < -0.39 is 10.0 Å². The van der Waals surface area contributed by atoms with Gasteiger partial charge < -0.3 is 11.1 Å². The van der Waals surface area contributed by atoms with E-state index in [1.807, 2.05) is 0 Å². The summed E-state index contributed by atoms with van der Waals surface area (Å²) in [5.74, 6) is -0.122. The molecule has 0 aliphatic carbocycles. The third kappa shape index (κ3) is 3.19. The molecule has 102 valence electrons. The van der Waals surface area contributed by atoms with Crippen LogP contribution in [0.4, 0.5) is 5.69 Å². The molecule has 1 aliphatic rings. The number of sulfonamides is 1. The highest BCUT2D eigenvalue weighted by Gasteiger charge is 2.21. The Morgan fingerprint density at radius 1 is 1.37 bits per heavy atom. The maximum atomic E-state index is 12.0. The van der Waals surface area contributed by atoms with Crippen LogP contribution in [0.5, 0.6) is 0 Å². The lowest BCUT2D eigenvalue weighted by atomic mass is 10.2. The molecule has 0 aromatic heterocycles.